The van der Waals surface area contributed by atoms with Gasteiger partial charge in [0, 0.05) is 14.7 Å². The van der Waals surface area contributed by atoms with Crippen LogP contribution in [0.15, 0.2) is 93.5 Å². The molecule has 0 aromatic heterocycles. The summed E-state index contributed by atoms with van der Waals surface area (Å²) in [5.41, 5.74) is 1.84. The van der Waals surface area contributed by atoms with Gasteiger partial charge >= 0.3 is 0 Å². The third-order valence-electron chi connectivity index (χ3n) is 3.61. The molecule has 3 aromatic carbocycles. The van der Waals surface area contributed by atoms with E-state index in [1.54, 1.807) is 23.5 Å². The summed E-state index contributed by atoms with van der Waals surface area (Å²) in [5, 5.41) is 10.5. The van der Waals surface area contributed by atoms with Gasteiger partial charge in [-0.25, -0.2) is 0 Å². The molecule has 3 heteroatoms. The van der Waals surface area contributed by atoms with Crippen LogP contribution in [0.3, 0.4) is 0 Å². The molecule has 3 aromatic rings. The van der Waals surface area contributed by atoms with Crippen molar-refractivity contribution in [1.29, 1.82) is 0 Å². The van der Waals surface area contributed by atoms with E-state index in [-0.39, 0.29) is 0 Å². The van der Waals surface area contributed by atoms with E-state index in [0.29, 0.717) is 0 Å². The maximum atomic E-state index is 10.5. The first-order valence-electron chi connectivity index (χ1n) is 7.41. The van der Waals surface area contributed by atoms with E-state index in [9.17, 15) is 5.11 Å². The van der Waals surface area contributed by atoms with Gasteiger partial charge in [0.05, 0.1) is 0 Å². The van der Waals surface area contributed by atoms with Gasteiger partial charge in [0.15, 0.2) is 0 Å². The summed E-state index contributed by atoms with van der Waals surface area (Å²) >= 11 is 3.43. The number of benzene rings is 3. The Labute approximate surface area is 145 Å². The molecule has 0 heterocycles. The molecule has 1 nitrogen and oxygen atoms in total. The van der Waals surface area contributed by atoms with Gasteiger partial charge in [-0.1, -0.05) is 54.2 Å². The summed E-state index contributed by atoms with van der Waals surface area (Å²) in [4.78, 5) is 3.59. The highest BCUT2D eigenvalue weighted by Crippen LogP contribution is 2.30. The Morgan fingerprint density at radius 1 is 0.652 bits per heavy atom. The fourth-order valence-corrected chi connectivity index (χ4v) is 3.57. The zero-order valence-corrected chi connectivity index (χ0v) is 14.5. The van der Waals surface area contributed by atoms with Crippen molar-refractivity contribution in [2.75, 3.05) is 6.26 Å². The van der Waals surface area contributed by atoms with Gasteiger partial charge in [-0.15, -0.1) is 11.8 Å². The molecule has 0 amide bonds. The Bertz CT molecular complexity index is 737. The Hall–Kier alpha value is -1.68. The first-order valence-corrected chi connectivity index (χ1v) is 9.45. The molecule has 0 aliphatic heterocycles. The smallest absolute Gasteiger partial charge is 0.104 e. The molecule has 0 spiro atoms. The molecule has 0 fully saturated rings. The quantitative estimate of drug-likeness (QED) is 0.608. The second-order valence-electron chi connectivity index (χ2n) is 5.16. The maximum Gasteiger partial charge on any atom is 0.104 e. The van der Waals surface area contributed by atoms with Gasteiger partial charge in [-0.05, 0) is 53.8 Å². The number of hydrogen-bond acceptors (Lipinski definition) is 3. The van der Waals surface area contributed by atoms with Crippen LogP contribution in [0, 0.1) is 0 Å². The molecule has 1 unspecified atom stereocenters. The van der Waals surface area contributed by atoms with Crippen molar-refractivity contribution in [2.45, 2.75) is 20.8 Å². The average Bonchev–Trinajstić information content (AvgIpc) is 2.63. The highest BCUT2D eigenvalue weighted by atomic mass is 32.2. The monoisotopic (exact) mass is 338 g/mol. The minimum atomic E-state index is -0.582. The van der Waals surface area contributed by atoms with E-state index < -0.39 is 6.10 Å². The Morgan fingerprint density at radius 3 is 1.65 bits per heavy atom. The van der Waals surface area contributed by atoms with Crippen LogP contribution in [0.25, 0.3) is 0 Å². The summed E-state index contributed by atoms with van der Waals surface area (Å²) in [6, 6.07) is 26.5. The predicted octanol–water partition coefficient (Wildman–Crippen LogP) is 5.64. The van der Waals surface area contributed by atoms with Crippen LogP contribution in [-0.4, -0.2) is 11.4 Å². The van der Waals surface area contributed by atoms with Crippen molar-refractivity contribution in [2.24, 2.45) is 0 Å². The fraction of sp³-hybridized carbons (Fsp3) is 0.100. The molecule has 0 radical (unpaired) electrons. The first-order chi connectivity index (χ1) is 11.3. The molecular weight excluding hydrogens is 320 g/mol. The second kappa shape index (κ2) is 7.73. The molecular formula is C20H18OS2. The zero-order chi connectivity index (χ0) is 16.1. The van der Waals surface area contributed by atoms with E-state index in [0.717, 1.165) is 11.1 Å². The van der Waals surface area contributed by atoms with Crippen LogP contribution >= 0.6 is 23.5 Å². The molecule has 3 rings (SSSR count). The van der Waals surface area contributed by atoms with Gasteiger partial charge in [0.25, 0.3) is 0 Å². The highest BCUT2D eigenvalue weighted by molar-refractivity contribution is 7.99. The third kappa shape index (κ3) is 4.20. The van der Waals surface area contributed by atoms with Crippen molar-refractivity contribution in [3.8, 4) is 0 Å². The van der Waals surface area contributed by atoms with Crippen molar-refractivity contribution >= 4 is 23.5 Å². The highest BCUT2D eigenvalue weighted by Gasteiger charge is 2.10. The number of thioether (sulfide) groups is 1. The molecule has 0 saturated heterocycles. The van der Waals surface area contributed by atoms with Crippen molar-refractivity contribution < 1.29 is 5.11 Å². The summed E-state index contributed by atoms with van der Waals surface area (Å²) in [6.07, 6.45) is 1.47. The standard InChI is InChI=1S/C20H18OS2/c1-22-17-11-7-15(8-12-17)20(21)16-9-13-19(14-10-16)23-18-5-3-2-4-6-18/h2-14,20-21H,1H3. The van der Waals surface area contributed by atoms with Gasteiger partial charge in [-0.2, -0.15) is 0 Å². The first kappa shape index (κ1) is 16.2. The van der Waals surface area contributed by atoms with Crippen LogP contribution < -0.4 is 0 Å². The maximum absolute atomic E-state index is 10.5. The van der Waals surface area contributed by atoms with E-state index >= 15 is 0 Å². The molecule has 0 aliphatic rings. The van der Waals surface area contributed by atoms with Crippen LogP contribution in [0.1, 0.15) is 17.2 Å². The van der Waals surface area contributed by atoms with E-state index in [1.807, 2.05) is 54.6 Å². The largest absolute Gasteiger partial charge is 0.384 e. The number of hydrogen-bond donors (Lipinski definition) is 1. The van der Waals surface area contributed by atoms with Gasteiger partial charge in [-0.3, -0.25) is 0 Å². The lowest BCUT2D eigenvalue weighted by Gasteiger charge is -2.12. The normalized spacial score (nSPS) is 12.1. The summed E-state index contributed by atoms with van der Waals surface area (Å²) in [6.45, 7) is 0. The Morgan fingerprint density at radius 2 is 1.13 bits per heavy atom. The molecule has 0 aliphatic carbocycles. The Kier molecular flexibility index (Phi) is 5.44. The summed E-state index contributed by atoms with van der Waals surface area (Å²) in [5.74, 6) is 0. The number of aliphatic hydroxyl groups is 1. The number of aliphatic hydroxyl groups excluding tert-OH is 1. The zero-order valence-electron chi connectivity index (χ0n) is 12.8. The fourth-order valence-electron chi connectivity index (χ4n) is 2.32. The second-order valence-corrected chi connectivity index (χ2v) is 7.19. The molecule has 116 valence electrons. The third-order valence-corrected chi connectivity index (χ3v) is 5.37. The molecule has 23 heavy (non-hydrogen) atoms. The summed E-state index contributed by atoms with van der Waals surface area (Å²) in [7, 11) is 0. The van der Waals surface area contributed by atoms with Crippen LogP contribution in [0.5, 0.6) is 0 Å². The molecule has 0 saturated carbocycles. The molecule has 0 bridgehead atoms. The van der Waals surface area contributed by atoms with Crippen molar-refractivity contribution in [3.05, 3.63) is 90.0 Å². The lowest BCUT2D eigenvalue weighted by Crippen LogP contribution is -1.99. The van der Waals surface area contributed by atoms with Gasteiger partial charge < -0.3 is 5.11 Å². The van der Waals surface area contributed by atoms with Gasteiger partial charge in [0.1, 0.15) is 6.10 Å². The summed E-state index contributed by atoms with van der Waals surface area (Å²) < 4.78 is 0. The van der Waals surface area contributed by atoms with E-state index in [4.69, 9.17) is 0 Å². The molecule has 1 N–H and O–H groups in total. The van der Waals surface area contributed by atoms with Crippen molar-refractivity contribution in [1.82, 2.24) is 0 Å². The van der Waals surface area contributed by atoms with Crippen molar-refractivity contribution in [3.63, 3.8) is 0 Å². The van der Waals surface area contributed by atoms with Crippen LogP contribution in [0.4, 0.5) is 0 Å². The predicted molar refractivity (Wildman–Crippen MR) is 99.3 cm³/mol. The number of rotatable bonds is 5. The Balaban J connectivity index is 1.73. The van der Waals surface area contributed by atoms with E-state index in [1.165, 1.54) is 14.7 Å². The lowest BCUT2D eigenvalue weighted by molar-refractivity contribution is 0.220. The topological polar surface area (TPSA) is 20.2 Å². The van der Waals surface area contributed by atoms with Gasteiger partial charge in [0.2, 0.25) is 0 Å². The van der Waals surface area contributed by atoms with Crippen LogP contribution in [-0.2, 0) is 0 Å². The average molecular weight is 338 g/mol. The van der Waals surface area contributed by atoms with E-state index in [2.05, 4.69) is 30.5 Å². The minimum Gasteiger partial charge on any atom is -0.384 e. The molecule has 1 atom stereocenters. The SMILES string of the molecule is CSc1ccc(C(O)c2ccc(Sc3ccccc3)cc2)cc1. The minimum absolute atomic E-state index is 0.582. The lowest BCUT2D eigenvalue weighted by atomic mass is 10.0. The van der Waals surface area contributed by atoms with Crippen LogP contribution in [0.2, 0.25) is 0 Å².